The molecule has 0 spiro atoms. The van der Waals surface area contributed by atoms with Gasteiger partial charge in [-0.2, -0.15) is 11.8 Å². The van der Waals surface area contributed by atoms with Crippen LogP contribution in [0.5, 0.6) is 0 Å². The molecule has 0 bridgehead atoms. The fourth-order valence-corrected chi connectivity index (χ4v) is 3.36. The van der Waals surface area contributed by atoms with Crippen LogP contribution in [0.1, 0.15) is 29.9 Å². The summed E-state index contributed by atoms with van der Waals surface area (Å²) < 4.78 is 0. The molecule has 1 fully saturated rings. The van der Waals surface area contributed by atoms with Crippen molar-refractivity contribution in [2.75, 3.05) is 38.2 Å². The highest BCUT2D eigenvalue weighted by molar-refractivity contribution is 7.98. The molecule has 0 aromatic heterocycles. The lowest BCUT2D eigenvalue weighted by molar-refractivity contribution is -0.120. The number of thioether (sulfide) groups is 1. The minimum atomic E-state index is 0.180. The van der Waals surface area contributed by atoms with Gasteiger partial charge in [-0.15, -0.1) is 0 Å². The second-order valence-electron chi connectivity index (χ2n) is 5.74. The molecule has 1 aliphatic heterocycles. The highest BCUT2D eigenvalue weighted by Crippen LogP contribution is 2.28. The molecule has 1 saturated heterocycles. The molecule has 116 valence electrons. The number of carbonyl (C=O) groups is 1. The van der Waals surface area contributed by atoms with E-state index >= 15 is 0 Å². The van der Waals surface area contributed by atoms with E-state index in [2.05, 4.69) is 41.4 Å². The molecule has 1 N–H and O–H groups in total. The molecular formula is C17H26N2OS. The van der Waals surface area contributed by atoms with Crippen LogP contribution in [0.3, 0.4) is 0 Å². The lowest BCUT2D eigenvalue weighted by Gasteiger charge is -2.17. The predicted molar refractivity (Wildman–Crippen MR) is 91.0 cm³/mol. The molecule has 4 heteroatoms. The smallest absolute Gasteiger partial charge is 0.220 e. The summed E-state index contributed by atoms with van der Waals surface area (Å²) >= 11 is 1.72. The number of hydrogen-bond donors (Lipinski definition) is 1. The van der Waals surface area contributed by atoms with Gasteiger partial charge >= 0.3 is 0 Å². The lowest BCUT2D eigenvalue weighted by Crippen LogP contribution is -2.33. The first-order chi connectivity index (χ1) is 10.2. The number of carbonyl (C=O) groups excluding carboxylic acids is 1. The molecule has 1 aromatic carbocycles. The Hall–Kier alpha value is -1.00. The first kappa shape index (κ1) is 16.4. The van der Waals surface area contributed by atoms with Crippen LogP contribution >= 0.6 is 11.8 Å². The van der Waals surface area contributed by atoms with Crippen LogP contribution < -0.4 is 5.32 Å². The first-order valence-electron chi connectivity index (χ1n) is 7.74. The number of benzene rings is 1. The number of aryl methyl sites for hydroxylation is 1. The van der Waals surface area contributed by atoms with E-state index in [1.165, 1.54) is 17.5 Å². The summed E-state index contributed by atoms with van der Waals surface area (Å²) in [4.78, 5) is 14.0. The minimum Gasteiger partial charge on any atom is -0.355 e. The average molecular weight is 306 g/mol. The monoisotopic (exact) mass is 306 g/mol. The average Bonchev–Trinajstić information content (AvgIpc) is 2.94. The SMILES string of the molecule is CSCCC(=O)NCCN1CC[C@H](c2ccccc2C)C1. The molecule has 0 aliphatic carbocycles. The second-order valence-corrected chi connectivity index (χ2v) is 6.72. The standard InChI is InChI=1S/C17H26N2OS/c1-14-5-3-4-6-16(14)15-7-10-19(13-15)11-9-18-17(20)8-12-21-2/h3-6,15H,7-13H2,1-2H3,(H,18,20)/t15-/m0/s1. The van der Waals surface area contributed by atoms with Crippen molar-refractivity contribution in [3.63, 3.8) is 0 Å². The first-order valence-corrected chi connectivity index (χ1v) is 9.13. The van der Waals surface area contributed by atoms with Crippen LogP contribution in [0.4, 0.5) is 0 Å². The van der Waals surface area contributed by atoms with E-state index in [0.29, 0.717) is 12.3 Å². The van der Waals surface area contributed by atoms with E-state index in [1.807, 2.05) is 6.26 Å². The topological polar surface area (TPSA) is 32.3 Å². The van der Waals surface area contributed by atoms with E-state index in [0.717, 1.165) is 31.9 Å². The van der Waals surface area contributed by atoms with Gasteiger partial charge < -0.3 is 10.2 Å². The zero-order valence-corrected chi connectivity index (χ0v) is 13.9. The van der Waals surface area contributed by atoms with Crippen LogP contribution in [0.2, 0.25) is 0 Å². The van der Waals surface area contributed by atoms with Crippen LogP contribution in [0.15, 0.2) is 24.3 Å². The van der Waals surface area contributed by atoms with Crippen molar-refractivity contribution in [1.82, 2.24) is 10.2 Å². The summed E-state index contributed by atoms with van der Waals surface area (Å²) in [6, 6.07) is 8.70. The number of hydrogen-bond acceptors (Lipinski definition) is 3. The molecule has 1 aromatic rings. The molecule has 1 heterocycles. The zero-order chi connectivity index (χ0) is 15.1. The van der Waals surface area contributed by atoms with Crippen LogP contribution in [0, 0.1) is 6.92 Å². The normalized spacial score (nSPS) is 18.9. The Morgan fingerprint density at radius 2 is 2.24 bits per heavy atom. The maximum absolute atomic E-state index is 11.6. The summed E-state index contributed by atoms with van der Waals surface area (Å²) in [5.74, 6) is 1.74. The summed E-state index contributed by atoms with van der Waals surface area (Å²) in [5, 5.41) is 3.02. The number of amides is 1. The van der Waals surface area contributed by atoms with Gasteiger partial charge in [-0.1, -0.05) is 24.3 Å². The summed E-state index contributed by atoms with van der Waals surface area (Å²) in [7, 11) is 0. The van der Waals surface area contributed by atoms with Gasteiger partial charge in [0.15, 0.2) is 0 Å². The third-order valence-electron chi connectivity index (χ3n) is 4.18. The molecule has 3 nitrogen and oxygen atoms in total. The number of nitrogens with one attached hydrogen (secondary N) is 1. The Morgan fingerprint density at radius 3 is 3.00 bits per heavy atom. The molecule has 21 heavy (non-hydrogen) atoms. The van der Waals surface area contributed by atoms with Crippen molar-refractivity contribution >= 4 is 17.7 Å². The van der Waals surface area contributed by atoms with Gasteiger partial charge in [0, 0.05) is 31.8 Å². The number of likely N-dealkylation sites (tertiary alicyclic amines) is 1. The van der Waals surface area contributed by atoms with Gasteiger partial charge in [0.25, 0.3) is 0 Å². The molecule has 0 radical (unpaired) electrons. The van der Waals surface area contributed by atoms with Crippen molar-refractivity contribution in [2.24, 2.45) is 0 Å². The van der Waals surface area contributed by atoms with Crippen LogP contribution in [-0.2, 0) is 4.79 Å². The van der Waals surface area contributed by atoms with Crippen molar-refractivity contribution in [3.05, 3.63) is 35.4 Å². The molecular weight excluding hydrogens is 280 g/mol. The Morgan fingerprint density at radius 1 is 1.43 bits per heavy atom. The van der Waals surface area contributed by atoms with E-state index in [1.54, 1.807) is 11.8 Å². The van der Waals surface area contributed by atoms with Gasteiger partial charge in [-0.25, -0.2) is 0 Å². The van der Waals surface area contributed by atoms with Gasteiger partial charge in [-0.05, 0) is 43.2 Å². The Kier molecular flexibility index (Phi) is 6.58. The summed E-state index contributed by atoms with van der Waals surface area (Å²) in [6.07, 6.45) is 3.89. The fourth-order valence-electron chi connectivity index (χ4n) is 2.97. The maximum Gasteiger partial charge on any atom is 0.220 e. The third-order valence-corrected chi connectivity index (χ3v) is 4.80. The quantitative estimate of drug-likeness (QED) is 0.840. The van der Waals surface area contributed by atoms with Gasteiger partial charge in [0.1, 0.15) is 0 Å². The van der Waals surface area contributed by atoms with E-state index in [4.69, 9.17) is 0 Å². The maximum atomic E-state index is 11.6. The Balaban J connectivity index is 1.71. The van der Waals surface area contributed by atoms with Crippen molar-refractivity contribution < 1.29 is 4.79 Å². The number of rotatable bonds is 7. The second kappa shape index (κ2) is 8.44. The zero-order valence-electron chi connectivity index (χ0n) is 13.1. The highest BCUT2D eigenvalue weighted by atomic mass is 32.2. The Bertz CT molecular complexity index is 464. The highest BCUT2D eigenvalue weighted by Gasteiger charge is 2.24. The number of nitrogens with zero attached hydrogens (tertiary/aromatic N) is 1. The fraction of sp³-hybridized carbons (Fsp3) is 0.588. The van der Waals surface area contributed by atoms with Crippen LogP contribution in [0.25, 0.3) is 0 Å². The van der Waals surface area contributed by atoms with Crippen molar-refractivity contribution in [2.45, 2.75) is 25.7 Å². The van der Waals surface area contributed by atoms with Gasteiger partial charge in [0.2, 0.25) is 5.91 Å². The van der Waals surface area contributed by atoms with Crippen molar-refractivity contribution in [1.29, 1.82) is 0 Å². The van der Waals surface area contributed by atoms with Gasteiger partial charge in [0.05, 0.1) is 0 Å². The lowest BCUT2D eigenvalue weighted by atomic mass is 9.94. The molecule has 1 amide bonds. The van der Waals surface area contributed by atoms with Crippen molar-refractivity contribution in [3.8, 4) is 0 Å². The largest absolute Gasteiger partial charge is 0.355 e. The van der Waals surface area contributed by atoms with E-state index < -0.39 is 0 Å². The summed E-state index contributed by atoms with van der Waals surface area (Å²) in [6.45, 7) is 6.19. The molecule has 2 rings (SSSR count). The molecule has 0 saturated carbocycles. The van der Waals surface area contributed by atoms with E-state index in [-0.39, 0.29) is 5.91 Å². The van der Waals surface area contributed by atoms with Gasteiger partial charge in [-0.3, -0.25) is 4.79 Å². The summed E-state index contributed by atoms with van der Waals surface area (Å²) in [5.41, 5.74) is 2.89. The van der Waals surface area contributed by atoms with E-state index in [9.17, 15) is 4.79 Å². The minimum absolute atomic E-state index is 0.180. The van der Waals surface area contributed by atoms with Crippen LogP contribution in [-0.4, -0.2) is 49.0 Å². The Labute approximate surface area is 132 Å². The molecule has 1 atom stereocenters. The predicted octanol–water partition coefficient (Wildman–Crippen LogP) is 2.65. The molecule has 0 unspecified atom stereocenters. The molecule has 1 aliphatic rings. The third kappa shape index (κ3) is 5.04.